The van der Waals surface area contributed by atoms with Crippen molar-refractivity contribution in [2.75, 3.05) is 9.80 Å². The van der Waals surface area contributed by atoms with E-state index >= 15 is 0 Å². The summed E-state index contributed by atoms with van der Waals surface area (Å²) < 4.78 is 28.7. The van der Waals surface area contributed by atoms with Gasteiger partial charge in [0, 0.05) is 54.5 Å². The van der Waals surface area contributed by atoms with Crippen molar-refractivity contribution in [1.29, 1.82) is 0 Å². The Morgan fingerprint density at radius 2 is 0.562 bits per heavy atom. The molecule has 12 aromatic carbocycles. The lowest BCUT2D eigenvalue weighted by Gasteiger charge is -2.29. The Bertz CT molecular complexity index is 4880. The summed E-state index contributed by atoms with van der Waals surface area (Å²) in [5.41, 5.74) is 14.7. The minimum Gasteiger partial charge on any atom is -0.455 e. The van der Waals surface area contributed by atoms with E-state index in [0.29, 0.717) is 0 Å². The molecule has 0 unspecified atom stereocenters. The van der Waals surface area contributed by atoms with Gasteiger partial charge in [-0.2, -0.15) is 0 Å². The Morgan fingerprint density at radius 1 is 0.250 bits per heavy atom. The number of anilines is 6. The molecule has 0 spiro atoms. The summed E-state index contributed by atoms with van der Waals surface area (Å²) in [6.45, 7) is 13.6. The summed E-state index contributed by atoms with van der Waals surface area (Å²) >= 11 is 0. The fourth-order valence-corrected chi connectivity index (χ4v) is 12.8. The zero-order valence-electron chi connectivity index (χ0n) is 45.3. The zero-order valence-corrected chi connectivity index (χ0v) is 45.3. The van der Waals surface area contributed by atoms with E-state index in [4.69, 9.17) is 17.7 Å². The molecule has 0 aliphatic carbocycles. The second-order valence-corrected chi connectivity index (χ2v) is 23.6. The first kappa shape index (κ1) is 46.3. The third kappa shape index (κ3) is 6.78. The van der Waals surface area contributed by atoms with Crippen molar-refractivity contribution in [2.45, 2.75) is 52.4 Å². The van der Waals surface area contributed by atoms with Crippen LogP contribution in [0, 0.1) is 0 Å². The fourth-order valence-electron chi connectivity index (χ4n) is 12.8. The highest BCUT2D eigenvalue weighted by Crippen LogP contribution is 2.55. The van der Waals surface area contributed by atoms with Crippen LogP contribution in [0.5, 0.6) is 0 Å². The smallest absolute Gasteiger partial charge is 0.159 e. The van der Waals surface area contributed by atoms with Gasteiger partial charge in [0.25, 0.3) is 0 Å². The van der Waals surface area contributed by atoms with Crippen LogP contribution in [0.25, 0.3) is 120 Å². The van der Waals surface area contributed by atoms with Gasteiger partial charge < -0.3 is 27.5 Å². The molecule has 0 bridgehead atoms. The molecular formula is C74H54N2O4. The van der Waals surface area contributed by atoms with Gasteiger partial charge in [-0.05, 0) is 116 Å². The molecule has 6 nitrogen and oxygen atoms in total. The van der Waals surface area contributed by atoms with E-state index in [0.717, 1.165) is 154 Å². The number of furan rings is 4. The van der Waals surface area contributed by atoms with E-state index in [-0.39, 0.29) is 10.8 Å². The van der Waals surface area contributed by atoms with Crippen LogP contribution in [0.1, 0.15) is 52.7 Å². The molecule has 80 heavy (non-hydrogen) atoms. The Hall–Kier alpha value is -9.78. The summed E-state index contributed by atoms with van der Waals surface area (Å²) in [7, 11) is 0. The van der Waals surface area contributed by atoms with Crippen molar-refractivity contribution < 1.29 is 17.7 Å². The van der Waals surface area contributed by atoms with Gasteiger partial charge in [-0.1, -0.05) is 187 Å². The molecule has 0 saturated heterocycles. The molecule has 0 aliphatic rings. The molecule has 6 heteroatoms. The Balaban J connectivity index is 1.07. The van der Waals surface area contributed by atoms with E-state index < -0.39 is 0 Å². The lowest BCUT2D eigenvalue weighted by atomic mass is 9.87. The van der Waals surface area contributed by atoms with E-state index in [2.05, 4.69) is 258 Å². The number of rotatable bonds is 6. The molecule has 4 aromatic heterocycles. The first-order valence-corrected chi connectivity index (χ1v) is 27.6. The lowest BCUT2D eigenvalue weighted by molar-refractivity contribution is 0.590. The van der Waals surface area contributed by atoms with Gasteiger partial charge in [-0.25, -0.2) is 0 Å². The normalized spacial score (nSPS) is 12.6. The van der Waals surface area contributed by atoms with E-state index in [1.807, 2.05) is 12.1 Å². The predicted molar refractivity (Wildman–Crippen MR) is 335 cm³/mol. The Labute approximate surface area is 461 Å². The van der Waals surface area contributed by atoms with Crippen molar-refractivity contribution >= 4 is 154 Å². The molecule has 0 aliphatic heterocycles. The number of para-hydroxylation sites is 6. The van der Waals surface area contributed by atoms with Gasteiger partial charge in [0.05, 0.1) is 33.5 Å². The molecule has 4 heterocycles. The quantitative estimate of drug-likeness (QED) is 0.155. The number of hydrogen-bond donors (Lipinski definition) is 0. The first-order valence-electron chi connectivity index (χ1n) is 27.6. The first-order chi connectivity index (χ1) is 39.0. The summed E-state index contributed by atoms with van der Waals surface area (Å²) in [5.74, 6) is 0. The van der Waals surface area contributed by atoms with Crippen LogP contribution in [0.4, 0.5) is 34.1 Å². The van der Waals surface area contributed by atoms with Crippen LogP contribution in [-0.4, -0.2) is 0 Å². The second-order valence-electron chi connectivity index (χ2n) is 23.6. The highest BCUT2D eigenvalue weighted by atomic mass is 16.3. The Kier molecular flexibility index (Phi) is 9.76. The molecule has 0 saturated carbocycles. The van der Waals surface area contributed by atoms with E-state index in [1.54, 1.807) is 0 Å². The average molecular weight is 1040 g/mol. The topological polar surface area (TPSA) is 59.0 Å². The molecule has 16 rings (SSSR count). The van der Waals surface area contributed by atoms with Gasteiger partial charge in [-0.3, -0.25) is 0 Å². The van der Waals surface area contributed by atoms with Crippen LogP contribution in [-0.2, 0) is 10.8 Å². The number of benzene rings is 12. The maximum atomic E-state index is 7.42. The van der Waals surface area contributed by atoms with Crippen LogP contribution in [0.3, 0.4) is 0 Å². The summed E-state index contributed by atoms with van der Waals surface area (Å²) in [6.07, 6.45) is 0. The second kappa shape index (κ2) is 16.9. The van der Waals surface area contributed by atoms with Crippen LogP contribution < -0.4 is 9.80 Å². The number of fused-ring (bicyclic) bond motifs is 20. The molecule has 0 fully saturated rings. The van der Waals surface area contributed by atoms with Crippen LogP contribution in [0.15, 0.2) is 236 Å². The highest BCUT2D eigenvalue weighted by molar-refractivity contribution is 6.40. The maximum Gasteiger partial charge on any atom is 0.159 e. The SMILES string of the molecule is CC(C)(C)c1ccc(N(c2cccc3c2oc2ccccc23)c2cc3c4ccccc4c4cc(N(c5ccc(C(C)(C)C)cc5)c5cccc6c5oc5ccccc56)c5c6ccccc6oc5c4c3c3oc4ccccc4c23)cc1. The molecular weight excluding hydrogens is 981 g/mol. The van der Waals surface area contributed by atoms with Crippen molar-refractivity contribution in [2.24, 2.45) is 0 Å². The van der Waals surface area contributed by atoms with Crippen LogP contribution in [0.2, 0.25) is 0 Å². The molecule has 16 aromatic rings. The van der Waals surface area contributed by atoms with Gasteiger partial charge in [-0.15, -0.1) is 0 Å². The monoisotopic (exact) mass is 1030 g/mol. The maximum absolute atomic E-state index is 7.42. The summed E-state index contributed by atoms with van der Waals surface area (Å²) in [4.78, 5) is 4.78. The van der Waals surface area contributed by atoms with Gasteiger partial charge in [0.2, 0.25) is 0 Å². The molecule has 0 amide bonds. The van der Waals surface area contributed by atoms with Crippen molar-refractivity contribution in [1.82, 2.24) is 0 Å². The fraction of sp³-hybridized carbons (Fsp3) is 0.108. The molecule has 384 valence electrons. The molecule has 0 atom stereocenters. The lowest BCUT2D eigenvalue weighted by Crippen LogP contribution is -2.14. The average Bonchev–Trinajstić information content (AvgIpc) is 4.30. The summed E-state index contributed by atoms with van der Waals surface area (Å²) in [6, 6.07) is 78.3. The predicted octanol–water partition coefficient (Wildman–Crippen LogP) is 22.3. The largest absolute Gasteiger partial charge is 0.455 e. The summed E-state index contributed by atoms with van der Waals surface area (Å²) in [5, 5.41) is 14.5. The minimum absolute atomic E-state index is 0.0460. The van der Waals surface area contributed by atoms with Gasteiger partial charge in [0.1, 0.15) is 33.5 Å². The minimum atomic E-state index is -0.0460. The standard InChI is InChI=1S/C74H54N2O4/c1-73(2,3)43-33-37-45(38-34-43)75(57-27-17-25-51-49-21-9-13-29-61(49)77-69(51)57)59-41-55-47-19-7-8-20-48(47)56-42-60(66-54-24-12-16-32-64(54)80-72(66)68(56)67(55)71-65(59)53-23-11-15-31-63(53)79-71)76(46-39-35-44(36-40-46)74(4,5)6)58-28-18-26-52-50-22-10-14-30-62(50)78-70(52)58/h7-42H,1-6H3. The molecule has 0 N–H and O–H groups in total. The van der Waals surface area contributed by atoms with Gasteiger partial charge in [0.15, 0.2) is 11.2 Å². The number of hydrogen-bond acceptors (Lipinski definition) is 6. The highest BCUT2D eigenvalue weighted by Gasteiger charge is 2.31. The third-order valence-corrected chi connectivity index (χ3v) is 16.7. The molecule has 0 radical (unpaired) electrons. The van der Waals surface area contributed by atoms with Crippen molar-refractivity contribution in [3.05, 3.63) is 230 Å². The van der Waals surface area contributed by atoms with Crippen molar-refractivity contribution in [3.63, 3.8) is 0 Å². The van der Waals surface area contributed by atoms with E-state index in [9.17, 15) is 0 Å². The van der Waals surface area contributed by atoms with Crippen LogP contribution >= 0.6 is 0 Å². The zero-order chi connectivity index (χ0) is 53.8. The number of nitrogens with zero attached hydrogens (tertiary/aromatic N) is 2. The third-order valence-electron chi connectivity index (χ3n) is 16.7. The van der Waals surface area contributed by atoms with Gasteiger partial charge >= 0.3 is 0 Å². The van der Waals surface area contributed by atoms with Crippen molar-refractivity contribution in [3.8, 4) is 0 Å². The van der Waals surface area contributed by atoms with E-state index in [1.165, 1.54) is 11.1 Å². The Morgan fingerprint density at radius 3 is 0.938 bits per heavy atom.